The molecule has 1 aromatic heterocycles. The largest absolute Gasteiger partial charge is 0.351 e. The number of nitrogens with one attached hydrogen (secondary N) is 1. The normalized spacial score (nSPS) is 16.2. The van der Waals surface area contributed by atoms with Crippen LogP contribution < -0.4 is 5.32 Å². The summed E-state index contributed by atoms with van der Waals surface area (Å²) in [4.78, 5) is 19.7. The average molecular weight is 418 g/mol. The first-order chi connectivity index (χ1) is 12.8. The van der Waals surface area contributed by atoms with Gasteiger partial charge in [0.25, 0.3) is 12.3 Å². The van der Waals surface area contributed by atoms with Crippen molar-refractivity contribution in [2.75, 3.05) is 6.54 Å². The van der Waals surface area contributed by atoms with E-state index in [1.165, 1.54) is 18.5 Å². The minimum atomic E-state index is -2.78. The Bertz CT molecular complexity index is 829. The van der Waals surface area contributed by atoms with Crippen molar-refractivity contribution in [2.24, 2.45) is 0 Å². The maximum absolute atomic E-state index is 14.3. The van der Waals surface area contributed by atoms with Gasteiger partial charge in [0.1, 0.15) is 5.67 Å². The Kier molecular flexibility index (Phi) is 5.91. The van der Waals surface area contributed by atoms with Crippen molar-refractivity contribution in [1.82, 2.24) is 15.3 Å². The molecule has 1 saturated carbocycles. The van der Waals surface area contributed by atoms with Crippen LogP contribution in [0, 0.1) is 0 Å². The number of aromatic nitrogens is 2. The quantitative estimate of drug-likeness (QED) is 0.679. The van der Waals surface area contributed by atoms with Crippen LogP contribution in [0.15, 0.2) is 30.6 Å². The molecule has 3 rings (SSSR count). The van der Waals surface area contributed by atoms with Crippen LogP contribution in [0.1, 0.15) is 53.4 Å². The molecular formula is C18H16Cl2F3N3O. The molecule has 1 atom stereocenters. The van der Waals surface area contributed by atoms with Crippen molar-refractivity contribution in [2.45, 2.75) is 37.3 Å². The fraction of sp³-hybridized carbons (Fsp3) is 0.389. The van der Waals surface area contributed by atoms with Crippen molar-refractivity contribution < 1.29 is 18.0 Å². The van der Waals surface area contributed by atoms with Gasteiger partial charge >= 0.3 is 0 Å². The zero-order valence-corrected chi connectivity index (χ0v) is 15.6. The maximum atomic E-state index is 14.3. The van der Waals surface area contributed by atoms with Crippen LogP contribution in [-0.2, 0) is 0 Å². The summed E-state index contributed by atoms with van der Waals surface area (Å²) in [6.07, 6.45) is 0.750. The van der Waals surface area contributed by atoms with E-state index in [-0.39, 0.29) is 28.6 Å². The Morgan fingerprint density at radius 3 is 2.48 bits per heavy atom. The van der Waals surface area contributed by atoms with Gasteiger partial charge in [-0.05, 0) is 37.0 Å². The molecule has 9 heteroatoms. The van der Waals surface area contributed by atoms with E-state index in [0.29, 0.717) is 18.4 Å². The van der Waals surface area contributed by atoms with Crippen LogP contribution in [0.2, 0.25) is 10.0 Å². The van der Waals surface area contributed by atoms with Gasteiger partial charge in [-0.1, -0.05) is 29.3 Å². The summed E-state index contributed by atoms with van der Waals surface area (Å²) in [7, 11) is 0. The van der Waals surface area contributed by atoms with Gasteiger partial charge in [-0.2, -0.15) is 0 Å². The summed E-state index contributed by atoms with van der Waals surface area (Å²) in [5.41, 5.74) is -0.612. The fourth-order valence-electron chi connectivity index (χ4n) is 2.75. The van der Waals surface area contributed by atoms with Gasteiger partial charge in [-0.25, -0.2) is 23.1 Å². The first kappa shape index (κ1) is 19.9. The van der Waals surface area contributed by atoms with Gasteiger partial charge < -0.3 is 5.32 Å². The summed E-state index contributed by atoms with van der Waals surface area (Å²) in [5, 5.41) is 3.08. The lowest BCUT2D eigenvalue weighted by molar-refractivity contribution is 0.0948. The Balaban J connectivity index is 1.73. The Morgan fingerprint density at radius 1 is 1.22 bits per heavy atom. The van der Waals surface area contributed by atoms with Crippen molar-refractivity contribution in [3.63, 3.8) is 0 Å². The molecule has 2 aromatic rings. The molecule has 1 amide bonds. The van der Waals surface area contributed by atoms with Gasteiger partial charge in [-0.15, -0.1) is 0 Å². The standard InChI is InChI=1S/C18H16Cl2F3N3O/c19-13-3-1-2-12(14(13)20)17(27)26-7-10(6-18(23)4-5-18)11-8-24-16(15(21)22)25-9-11/h1-3,8-10,15H,4-7H2,(H,26,27). The van der Waals surface area contributed by atoms with Gasteiger partial charge in [0.2, 0.25) is 0 Å². The first-order valence-electron chi connectivity index (χ1n) is 8.30. The minimum absolute atomic E-state index is 0.0880. The van der Waals surface area contributed by atoms with E-state index < -0.39 is 29.7 Å². The fourth-order valence-corrected chi connectivity index (χ4v) is 3.14. The highest BCUT2D eigenvalue weighted by atomic mass is 35.5. The molecule has 0 spiro atoms. The molecule has 0 aliphatic heterocycles. The molecule has 1 heterocycles. The number of benzene rings is 1. The highest BCUT2D eigenvalue weighted by molar-refractivity contribution is 6.43. The van der Waals surface area contributed by atoms with Crippen LogP contribution in [-0.4, -0.2) is 28.1 Å². The third-order valence-electron chi connectivity index (χ3n) is 4.47. The molecule has 144 valence electrons. The van der Waals surface area contributed by atoms with E-state index in [9.17, 15) is 18.0 Å². The molecule has 1 fully saturated rings. The lowest BCUT2D eigenvalue weighted by Gasteiger charge is -2.20. The highest BCUT2D eigenvalue weighted by Crippen LogP contribution is 2.46. The topological polar surface area (TPSA) is 54.9 Å². The van der Waals surface area contributed by atoms with Crippen molar-refractivity contribution in [1.29, 1.82) is 0 Å². The molecule has 1 unspecified atom stereocenters. The van der Waals surface area contributed by atoms with Gasteiger partial charge in [0, 0.05) is 24.9 Å². The predicted octanol–water partition coefficient (Wildman–Crippen LogP) is 5.13. The van der Waals surface area contributed by atoms with Crippen LogP contribution in [0.3, 0.4) is 0 Å². The van der Waals surface area contributed by atoms with Crippen LogP contribution >= 0.6 is 23.2 Å². The third-order valence-corrected chi connectivity index (χ3v) is 5.29. The number of carbonyl (C=O) groups excluding carboxylic acids is 1. The van der Waals surface area contributed by atoms with E-state index in [1.807, 2.05) is 0 Å². The number of hydrogen-bond acceptors (Lipinski definition) is 3. The molecule has 0 radical (unpaired) electrons. The van der Waals surface area contributed by atoms with Crippen LogP contribution in [0.5, 0.6) is 0 Å². The highest BCUT2D eigenvalue weighted by Gasteiger charge is 2.45. The second kappa shape index (κ2) is 8.02. The lowest BCUT2D eigenvalue weighted by atomic mass is 9.94. The summed E-state index contributed by atoms with van der Waals surface area (Å²) in [6, 6.07) is 4.68. The number of nitrogens with zero attached hydrogens (tertiary/aromatic N) is 2. The SMILES string of the molecule is O=C(NCC(CC1(F)CC1)c1cnc(C(F)F)nc1)c1cccc(Cl)c1Cl. The van der Waals surface area contributed by atoms with Crippen molar-refractivity contribution in [3.8, 4) is 0 Å². The lowest BCUT2D eigenvalue weighted by Crippen LogP contribution is -2.30. The number of carbonyl (C=O) groups is 1. The van der Waals surface area contributed by atoms with E-state index in [0.717, 1.165) is 0 Å². The van der Waals surface area contributed by atoms with Gasteiger partial charge in [0.15, 0.2) is 5.82 Å². The predicted molar refractivity (Wildman–Crippen MR) is 96.2 cm³/mol. The molecular weight excluding hydrogens is 402 g/mol. The number of halogens is 5. The Morgan fingerprint density at radius 2 is 1.89 bits per heavy atom. The molecule has 1 aliphatic carbocycles. The smallest absolute Gasteiger partial charge is 0.297 e. The second-order valence-electron chi connectivity index (χ2n) is 6.54. The summed E-state index contributed by atoms with van der Waals surface area (Å²) >= 11 is 12.0. The van der Waals surface area contributed by atoms with Crippen molar-refractivity contribution >= 4 is 29.1 Å². The zero-order chi connectivity index (χ0) is 19.6. The Labute approximate surface area is 164 Å². The van der Waals surface area contributed by atoms with Crippen LogP contribution in [0.4, 0.5) is 13.2 Å². The Hall–Kier alpha value is -1.86. The number of amides is 1. The first-order valence-corrected chi connectivity index (χ1v) is 9.06. The number of hydrogen-bond donors (Lipinski definition) is 1. The average Bonchev–Trinajstić information content (AvgIpc) is 3.38. The maximum Gasteiger partial charge on any atom is 0.297 e. The molecule has 1 N–H and O–H groups in total. The van der Waals surface area contributed by atoms with Crippen molar-refractivity contribution in [3.05, 3.63) is 57.6 Å². The number of alkyl halides is 3. The molecule has 1 aromatic carbocycles. The number of rotatable bonds is 7. The molecule has 4 nitrogen and oxygen atoms in total. The van der Waals surface area contributed by atoms with Crippen LogP contribution in [0.25, 0.3) is 0 Å². The summed E-state index contributed by atoms with van der Waals surface area (Å²) in [5.74, 6) is -1.50. The monoisotopic (exact) mass is 417 g/mol. The van der Waals surface area contributed by atoms with Gasteiger partial charge in [0.05, 0.1) is 15.6 Å². The minimum Gasteiger partial charge on any atom is -0.351 e. The molecule has 0 saturated heterocycles. The molecule has 27 heavy (non-hydrogen) atoms. The third kappa shape index (κ3) is 4.90. The second-order valence-corrected chi connectivity index (χ2v) is 7.32. The van der Waals surface area contributed by atoms with E-state index in [2.05, 4.69) is 15.3 Å². The summed E-state index contributed by atoms with van der Waals surface area (Å²) in [6.45, 7) is 0.0880. The molecule has 1 aliphatic rings. The van der Waals surface area contributed by atoms with Gasteiger partial charge in [-0.3, -0.25) is 4.79 Å². The van der Waals surface area contributed by atoms with E-state index in [4.69, 9.17) is 23.2 Å². The van der Waals surface area contributed by atoms with E-state index in [1.54, 1.807) is 12.1 Å². The zero-order valence-electron chi connectivity index (χ0n) is 14.1. The summed E-state index contributed by atoms with van der Waals surface area (Å²) < 4.78 is 39.6. The molecule has 0 bridgehead atoms. The van der Waals surface area contributed by atoms with E-state index >= 15 is 0 Å².